The van der Waals surface area contributed by atoms with Crippen LogP contribution in [-0.2, 0) is 0 Å². The van der Waals surface area contributed by atoms with Gasteiger partial charge in [0.2, 0.25) is 0 Å². The molecule has 1 heterocycles. The van der Waals surface area contributed by atoms with Gasteiger partial charge in [-0.25, -0.2) is 5.43 Å². The first-order valence-corrected chi connectivity index (χ1v) is 6.82. The highest BCUT2D eigenvalue weighted by Crippen LogP contribution is 2.17. The van der Waals surface area contributed by atoms with Gasteiger partial charge in [-0.2, -0.15) is 5.10 Å². The molecule has 0 unspecified atom stereocenters. The predicted molar refractivity (Wildman–Crippen MR) is 84.6 cm³/mol. The quantitative estimate of drug-likeness (QED) is 0.694. The molecule has 0 atom stereocenters. The lowest BCUT2D eigenvalue weighted by Gasteiger charge is -2.11. The van der Waals surface area contributed by atoms with Crippen LogP contribution in [0, 0.1) is 20.8 Å². The zero-order valence-corrected chi connectivity index (χ0v) is 12.8. The van der Waals surface area contributed by atoms with Crippen molar-refractivity contribution in [3.8, 4) is 0 Å². The number of benzene rings is 1. The first kappa shape index (κ1) is 14.9. The molecule has 2 rings (SSSR count). The third-order valence-electron chi connectivity index (χ3n) is 3.29. The molecule has 1 N–H and O–H groups in total. The van der Waals surface area contributed by atoms with E-state index < -0.39 is 0 Å². The average molecular weight is 281 g/mol. The van der Waals surface area contributed by atoms with Crippen molar-refractivity contribution in [2.75, 3.05) is 0 Å². The first-order chi connectivity index (χ1) is 9.99. The van der Waals surface area contributed by atoms with E-state index in [1.807, 2.05) is 6.92 Å². The summed E-state index contributed by atoms with van der Waals surface area (Å²) in [6.07, 6.45) is 3.15. The van der Waals surface area contributed by atoms with Crippen molar-refractivity contribution in [2.45, 2.75) is 27.7 Å². The minimum absolute atomic E-state index is 0.259. The number of aromatic nitrogens is 1. The Kier molecular flexibility index (Phi) is 4.48. The molecule has 21 heavy (non-hydrogen) atoms. The third kappa shape index (κ3) is 3.54. The minimum atomic E-state index is -0.259. The number of nitrogens with one attached hydrogen (secondary N) is 1. The van der Waals surface area contributed by atoms with E-state index in [1.54, 1.807) is 18.3 Å². The maximum atomic E-state index is 11.9. The van der Waals surface area contributed by atoms with E-state index in [9.17, 15) is 4.79 Å². The standard InChI is InChI=1S/C17H19N3O/c1-11-8-12(2)16(13(3)9-11)14(4)19-20-17(21)15-6-5-7-18-10-15/h5-10H,1-4H3,(H,20,21)/b19-14-. The summed E-state index contributed by atoms with van der Waals surface area (Å²) in [5, 5.41) is 4.21. The van der Waals surface area contributed by atoms with Crippen molar-refractivity contribution < 1.29 is 4.79 Å². The summed E-state index contributed by atoms with van der Waals surface area (Å²) in [5.74, 6) is -0.259. The minimum Gasteiger partial charge on any atom is -0.267 e. The molecular formula is C17H19N3O. The molecule has 4 heteroatoms. The summed E-state index contributed by atoms with van der Waals surface area (Å²) >= 11 is 0. The fourth-order valence-corrected chi connectivity index (χ4v) is 2.50. The molecule has 1 aromatic carbocycles. The van der Waals surface area contributed by atoms with E-state index in [4.69, 9.17) is 0 Å². The topological polar surface area (TPSA) is 54.4 Å². The van der Waals surface area contributed by atoms with Gasteiger partial charge in [0.15, 0.2) is 0 Å². The van der Waals surface area contributed by atoms with Gasteiger partial charge in [0.25, 0.3) is 5.91 Å². The highest BCUT2D eigenvalue weighted by Gasteiger charge is 2.08. The van der Waals surface area contributed by atoms with Crippen LogP contribution >= 0.6 is 0 Å². The van der Waals surface area contributed by atoms with Crippen LogP contribution in [0.4, 0.5) is 0 Å². The molecule has 0 spiro atoms. The van der Waals surface area contributed by atoms with Crippen molar-refractivity contribution in [1.29, 1.82) is 0 Å². The number of hydrogen-bond donors (Lipinski definition) is 1. The van der Waals surface area contributed by atoms with Gasteiger partial charge in [0.05, 0.1) is 11.3 Å². The highest BCUT2D eigenvalue weighted by atomic mass is 16.2. The van der Waals surface area contributed by atoms with Crippen molar-refractivity contribution in [3.05, 3.63) is 64.5 Å². The third-order valence-corrected chi connectivity index (χ3v) is 3.29. The lowest BCUT2D eigenvalue weighted by Crippen LogP contribution is -2.20. The molecule has 0 bridgehead atoms. The van der Waals surface area contributed by atoms with E-state index in [0.29, 0.717) is 5.56 Å². The molecule has 0 radical (unpaired) electrons. The SMILES string of the molecule is C/C(=N/NC(=O)c1cccnc1)c1c(C)cc(C)cc1C. The fraction of sp³-hybridized carbons (Fsp3) is 0.235. The molecule has 0 aliphatic rings. The molecule has 1 aromatic heterocycles. The summed E-state index contributed by atoms with van der Waals surface area (Å²) in [4.78, 5) is 15.9. The number of carbonyl (C=O) groups is 1. The van der Waals surface area contributed by atoms with Crippen molar-refractivity contribution >= 4 is 11.6 Å². The van der Waals surface area contributed by atoms with Crippen molar-refractivity contribution in [1.82, 2.24) is 10.4 Å². The Balaban J connectivity index is 2.21. The average Bonchev–Trinajstić information content (AvgIpc) is 2.44. The second kappa shape index (κ2) is 6.31. The fourth-order valence-electron chi connectivity index (χ4n) is 2.50. The summed E-state index contributed by atoms with van der Waals surface area (Å²) < 4.78 is 0. The van der Waals surface area contributed by atoms with Gasteiger partial charge in [-0.05, 0) is 51.0 Å². The number of hydrazone groups is 1. The van der Waals surface area contributed by atoms with Crippen molar-refractivity contribution in [2.24, 2.45) is 5.10 Å². The maximum Gasteiger partial charge on any atom is 0.272 e. The largest absolute Gasteiger partial charge is 0.272 e. The van der Waals surface area contributed by atoms with E-state index in [1.165, 1.54) is 11.8 Å². The van der Waals surface area contributed by atoms with Gasteiger partial charge in [-0.15, -0.1) is 0 Å². The Morgan fingerprint density at radius 3 is 2.43 bits per heavy atom. The molecule has 0 fully saturated rings. The molecule has 108 valence electrons. The second-order valence-electron chi connectivity index (χ2n) is 5.15. The molecule has 4 nitrogen and oxygen atoms in total. The number of carbonyl (C=O) groups excluding carboxylic acids is 1. The second-order valence-corrected chi connectivity index (χ2v) is 5.15. The molecule has 0 aliphatic heterocycles. The number of rotatable bonds is 3. The van der Waals surface area contributed by atoms with Gasteiger partial charge in [0.1, 0.15) is 0 Å². The summed E-state index contributed by atoms with van der Waals surface area (Å²) in [6.45, 7) is 8.07. The van der Waals surface area contributed by atoms with Crippen LogP contribution in [0.3, 0.4) is 0 Å². The van der Waals surface area contributed by atoms with Crippen LogP contribution < -0.4 is 5.43 Å². The van der Waals surface area contributed by atoms with Crippen LogP contribution in [0.15, 0.2) is 41.8 Å². The molecule has 1 amide bonds. The maximum absolute atomic E-state index is 11.9. The van der Waals surface area contributed by atoms with Crippen molar-refractivity contribution in [3.63, 3.8) is 0 Å². The number of aryl methyl sites for hydroxylation is 3. The van der Waals surface area contributed by atoms with Gasteiger partial charge in [-0.1, -0.05) is 17.7 Å². The van der Waals surface area contributed by atoms with E-state index in [0.717, 1.165) is 22.4 Å². The lowest BCUT2D eigenvalue weighted by atomic mass is 9.97. The van der Waals surface area contributed by atoms with Crippen LogP contribution in [0.2, 0.25) is 0 Å². The zero-order chi connectivity index (χ0) is 15.4. The summed E-state index contributed by atoms with van der Waals surface area (Å²) in [7, 11) is 0. The van der Waals surface area contributed by atoms with Gasteiger partial charge >= 0.3 is 0 Å². The molecule has 0 saturated heterocycles. The predicted octanol–water partition coefficient (Wildman–Crippen LogP) is 3.16. The van der Waals surface area contributed by atoms with Crippen LogP contribution in [-0.4, -0.2) is 16.6 Å². The molecule has 0 aliphatic carbocycles. The Morgan fingerprint density at radius 1 is 1.19 bits per heavy atom. The molecular weight excluding hydrogens is 262 g/mol. The first-order valence-electron chi connectivity index (χ1n) is 6.82. The van der Waals surface area contributed by atoms with E-state index in [-0.39, 0.29) is 5.91 Å². The van der Waals surface area contributed by atoms with Gasteiger partial charge in [0, 0.05) is 18.0 Å². The lowest BCUT2D eigenvalue weighted by molar-refractivity contribution is 0.0954. The highest BCUT2D eigenvalue weighted by molar-refractivity contribution is 6.02. The summed E-state index contributed by atoms with van der Waals surface area (Å²) in [6, 6.07) is 7.66. The number of nitrogens with zero attached hydrogens (tertiary/aromatic N) is 2. The van der Waals surface area contributed by atoms with Crippen LogP contribution in [0.5, 0.6) is 0 Å². The van der Waals surface area contributed by atoms with E-state index in [2.05, 4.69) is 48.4 Å². The Labute approximate surface area is 124 Å². The smallest absolute Gasteiger partial charge is 0.267 e. The molecule has 0 saturated carbocycles. The van der Waals surface area contributed by atoms with Crippen LogP contribution in [0.1, 0.15) is 39.5 Å². The Hall–Kier alpha value is -2.49. The Bertz CT molecular complexity index is 667. The zero-order valence-electron chi connectivity index (χ0n) is 12.8. The normalized spacial score (nSPS) is 11.3. The van der Waals surface area contributed by atoms with Gasteiger partial charge < -0.3 is 0 Å². The monoisotopic (exact) mass is 281 g/mol. The number of amides is 1. The number of hydrogen-bond acceptors (Lipinski definition) is 3. The molecule has 2 aromatic rings. The number of pyridine rings is 1. The van der Waals surface area contributed by atoms with Gasteiger partial charge in [-0.3, -0.25) is 9.78 Å². The van der Waals surface area contributed by atoms with E-state index >= 15 is 0 Å². The van der Waals surface area contributed by atoms with Crippen LogP contribution in [0.25, 0.3) is 0 Å². The Morgan fingerprint density at radius 2 is 1.86 bits per heavy atom. The summed E-state index contributed by atoms with van der Waals surface area (Å²) in [5.41, 5.74) is 8.47.